The molecule has 5 heteroatoms. The number of rotatable bonds is 9. The maximum absolute atomic E-state index is 5.08. The van der Waals surface area contributed by atoms with E-state index in [-0.39, 0.29) is 6.17 Å². The zero-order valence-electron chi connectivity index (χ0n) is 31.7. The summed E-state index contributed by atoms with van der Waals surface area (Å²) in [6.07, 6.45) is 4.08. The van der Waals surface area contributed by atoms with Crippen LogP contribution in [0, 0.1) is 0 Å². The highest BCUT2D eigenvalue weighted by Crippen LogP contribution is 2.35. The van der Waals surface area contributed by atoms with Crippen molar-refractivity contribution < 1.29 is 0 Å². The number of aromatic nitrogens is 1. The van der Waals surface area contributed by atoms with E-state index < -0.39 is 0 Å². The quantitative estimate of drug-likeness (QED) is 0.145. The van der Waals surface area contributed by atoms with Crippen molar-refractivity contribution in [2.24, 2.45) is 9.98 Å². The Kier molecular flexibility index (Phi) is 9.22. The molecule has 0 saturated carbocycles. The summed E-state index contributed by atoms with van der Waals surface area (Å²) >= 11 is 0. The molecule has 5 nitrogen and oxygen atoms in total. The molecule has 1 unspecified atom stereocenters. The average Bonchev–Trinajstić information content (AvgIpc) is 3.63. The number of anilines is 2. The van der Waals surface area contributed by atoms with Crippen LogP contribution in [0.2, 0.25) is 0 Å². The summed E-state index contributed by atoms with van der Waals surface area (Å²) in [5.74, 6) is 1.50. The molecule has 0 bridgehead atoms. The molecule has 0 fully saturated rings. The van der Waals surface area contributed by atoms with Gasteiger partial charge in [0.05, 0.1) is 11.0 Å². The Morgan fingerprint density at radius 3 is 2.00 bits per heavy atom. The van der Waals surface area contributed by atoms with Gasteiger partial charge in [0.1, 0.15) is 12.0 Å². The van der Waals surface area contributed by atoms with Gasteiger partial charge in [-0.15, -0.1) is 0 Å². The van der Waals surface area contributed by atoms with Gasteiger partial charge in [0.25, 0.3) is 0 Å². The second-order valence-electron chi connectivity index (χ2n) is 14.4. The van der Waals surface area contributed by atoms with Crippen molar-refractivity contribution in [1.29, 1.82) is 0 Å². The molecule has 58 heavy (non-hydrogen) atoms. The summed E-state index contributed by atoms with van der Waals surface area (Å²) < 4.78 is 2.36. The number of nitrogens with zero attached hydrogens (tertiary/aromatic N) is 3. The van der Waals surface area contributed by atoms with Crippen molar-refractivity contribution in [1.82, 2.24) is 9.88 Å². The van der Waals surface area contributed by atoms with Crippen LogP contribution in [-0.2, 0) is 0 Å². The van der Waals surface area contributed by atoms with Crippen molar-refractivity contribution in [3.8, 4) is 16.8 Å². The van der Waals surface area contributed by atoms with Gasteiger partial charge in [-0.3, -0.25) is 0 Å². The van der Waals surface area contributed by atoms with Crippen LogP contribution < -0.4 is 10.6 Å². The van der Waals surface area contributed by atoms with Gasteiger partial charge >= 0.3 is 0 Å². The third-order valence-corrected chi connectivity index (χ3v) is 10.7. The fourth-order valence-corrected chi connectivity index (χ4v) is 7.75. The molecule has 2 N–H and O–H groups in total. The summed E-state index contributed by atoms with van der Waals surface area (Å²) in [6, 6.07) is 72.1. The molecule has 1 atom stereocenters. The first-order valence-electron chi connectivity index (χ1n) is 19.6. The molecule has 9 aromatic rings. The third-order valence-electron chi connectivity index (χ3n) is 10.7. The molecule has 276 valence electrons. The van der Waals surface area contributed by atoms with Crippen molar-refractivity contribution in [3.05, 3.63) is 234 Å². The molecule has 1 aliphatic heterocycles. The molecule has 0 amide bonds. The molecule has 0 aliphatic carbocycles. The minimum absolute atomic E-state index is 0.261. The number of hydrogen-bond donors (Lipinski definition) is 2. The Labute approximate surface area is 338 Å². The van der Waals surface area contributed by atoms with Crippen molar-refractivity contribution >= 4 is 57.0 Å². The van der Waals surface area contributed by atoms with Gasteiger partial charge in [-0.1, -0.05) is 170 Å². The van der Waals surface area contributed by atoms with Crippen molar-refractivity contribution in [2.75, 3.05) is 5.32 Å². The van der Waals surface area contributed by atoms with Crippen LogP contribution in [0.4, 0.5) is 11.4 Å². The van der Waals surface area contributed by atoms with Crippen molar-refractivity contribution in [3.63, 3.8) is 0 Å². The van der Waals surface area contributed by atoms with Crippen LogP contribution >= 0.6 is 0 Å². The summed E-state index contributed by atoms with van der Waals surface area (Å²) in [5.41, 5.74) is 13.2. The van der Waals surface area contributed by atoms with E-state index in [1.165, 1.54) is 21.9 Å². The lowest BCUT2D eigenvalue weighted by atomic mass is 10.0. The summed E-state index contributed by atoms with van der Waals surface area (Å²) in [5, 5.41) is 9.60. The number of amidine groups is 2. The monoisotopic (exact) mass is 745 g/mol. The topological polar surface area (TPSA) is 53.7 Å². The highest BCUT2D eigenvalue weighted by molar-refractivity contribution is 6.14. The van der Waals surface area contributed by atoms with E-state index in [4.69, 9.17) is 9.98 Å². The standard InChI is InChI=1S/C53H39N5/c1-4-16-40(17-5-1)51-55-52(41-18-6-2-7-19-41)57-53(56-51)43-20-14-23-45(35-43)58-49-26-13-11-24-46(49)47-36-42(33-34-50(47)58)38-30-27-37(28-31-38)29-32-39-15-10-12-25-48(39)54-44-21-8-3-9-22-44/h1-36,51,54H,(H,55,56,57)/b32-29-. The van der Waals surface area contributed by atoms with E-state index in [1.807, 2.05) is 54.6 Å². The number of aliphatic imine (C=N–C) groups is 2. The highest BCUT2D eigenvalue weighted by atomic mass is 15.2. The van der Waals surface area contributed by atoms with Crippen molar-refractivity contribution in [2.45, 2.75) is 6.17 Å². The first-order valence-corrected chi connectivity index (χ1v) is 19.6. The Balaban J connectivity index is 0.964. The predicted molar refractivity (Wildman–Crippen MR) is 243 cm³/mol. The second kappa shape index (κ2) is 15.4. The highest BCUT2D eigenvalue weighted by Gasteiger charge is 2.22. The predicted octanol–water partition coefficient (Wildman–Crippen LogP) is 12.9. The van der Waals surface area contributed by atoms with Crippen LogP contribution in [0.3, 0.4) is 0 Å². The lowest BCUT2D eigenvalue weighted by Crippen LogP contribution is -2.33. The third kappa shape index (κ3) is 6.97. The Morgan fingerprint density at radius 2 is 1.17 bits per heavy atom. The van der Waals surface area contributed by atoms with Gasteiger partial charge in [-0.25, -0.2) is 9.98 Å². The second-order valence-corrected chi connectivity index (χ2v) is 14.4. The number of hydrogen-bond acceptors (Lipinski definition) is 4. The van der Waals surface area contributed by atoms with E-state index >= 15 is 0 Å². The molecular formula is C53H39N5. The molecule has 1 aromatic heterocycles. The van der Waals surface area contributed by atoms with Gasteiger partial charge in [0, 0.05) is 39.0 Å². The van der Waals surface area contributed by atoms with E-state index in [2.05, 4.69) is 179 Å². The first kappa shape index (κ1) is 34.7. The van der Waals surface area contributed by atoms with Crippen LogP contribution in [0.1, 0.15) is 34.0 Å². The SMILES string of the molecule is C(=C/c1ccccc1Nc1ccccc1)/c1ccc(-c2ccc3c(c2)c2ccccc2n3-c2cccc(C3=NC(c4ccccc4)=NC(c4ccccc4)N3)c2)cc1. The van der Waals surface area contributed by atoms with Gasteiger partial charge in [-0.05, 0) is 76.3 Å². The normalized spacial score (nSPS) is 14.0. The number of fused-ring (bicyclic) bond motifs is 3. The van der Waals surface area contributed by atoms with Crippen LogP contribution in [0.25, 0.3) is 50.8 Å². The van der Waals surface area contributed by atoms with Gasteiger partial charge in [-0.2, -0.15) is 0 Å². The summed E-state index contributed by atoms with van der Waals surface area (Å²) in [7, 11) is 0. The minimum atomic E-state index is -0.261. The smallest absolute Gasteiger partial charge is 0.159 e. The molecule has 0 radical (unpaired) electrons. The lowest BCUT2D eigenvalue weighted by molar-refractivity contribution is 0.674. The van der Waals surface area contributed by atoms with Gasteiger partial charge in [0.15, 0.2) is 5.84 Å². The fraction of sp³-hybridized carbons (Fsp3) is 0.0189. The van der Waals surface area contributed by atoms with E-state index in [9.17, 15) is 0 Å². The number of benzene rings is 8. The molecule has 10 rings (SSSR count). The average molecular weight is 746 g/mol. The molecule has 8 aromatic carbocycles. The Bertz CT molecular complexity index is 2980. The molecule has 0 spiro atoms. The Morgan fingerprint density at radius 1 is 0.500 bits per heavy atom. The van der Waals surface area contributed by atoms with Crippen LogP contribution in [-0.4, -0.2) is 16.2 Å². The zero-order valence-corrected chi connectivity index (χ0v) is 31.7. The van der Waals surface area contributed by atoms with E-state index in [1.54, 1.807) is 0 Å². The van der Waals surface area contributed by atoms with Crippen LogP contribution in [0.15, 0.2) is 216 Å². The summed E-state index contributed by atoms with van der Waals surface area (Å²) in [4.78, 5) is 10.1. The minimum Gasteiger partial charge on any atom is -0.355 e. The molecule has 0 saturated heterocycles. The lowest BCUT2D eigenvalue weighted by Gasteiger charge is -2.24. The Hall–Kier alpha value is -7.76. The number of para-hydroxylation sites is 3. The number of nitrogens with one attached hydrogen (secondary N) is 2. The maximum atomic E-state index is 5.08. The maximum Gasteiger partial charge on any atom is 0.159 e. The van der Waals surface area contributed by atoms with Gasteiger partial charge < -0.3 is 15.2 Å². The largest absolute Gasteiger partial charge is 0.355 e. The molecular weight excluding hydrogens is 707 g/mol. The first-order chi connectivity index (χ1) is 28.7. The molecule has 2 heterocycles. The van der Waals surface area contributed by atoms with Gasteiger partial charge in [0.2, 0.25) is 0 Å². The van der Waals surface area contributed by atoms with Crippen LogP contribution in [0.5, 0.6) is 0 Å². The van der Waals surface area contributed by atoms with E-state index in [0.717, 1.165) is 61.7 Å². The van der Waals surface area contributed by atoms with E-state index in [0.29, 0.717) is 5.84 Å². The summed E-state index contributed by atoms with van der Waals surface area (Å²) in [6.45, 7) is 0. The zero-order chi connectivity index (χ0) is 38.7. The molecule has 1 aliphatic rings. The fourth-order valence-electron chi connectivity index (χ4n) is 7.75.